The first kappa shape index (κ1) is 31.8. The summed E-state index contributed by atoms with van der Waals surface area (Å²) in [5.41, 5.74) is 20.1. The van der Waals surface area contributed by atoms with Crippen LogP contribution in [0.25, 0.3) is 86.1 Å². The highest BCUT2D eigenvalue weighted by atomic mass is 32.1. The second-order valence-electron chi connectivity index (χ2n) is 15.9. The molecule has 0 atom stereocenters. The zero-order chi connectivity index (χ0) is 36.3. The van der Waals surface area contributed by atoms with E-state index in [0.29, 0.717) is 0 Å². The standard InChI is InChI=1S/C50H36N2S2/c1-49(2)39-15-6-5-14-35(39)37-27-38-36-21-20-31(26-40(36)50(3,4)42(38)28-41(37)49)29-12-11-13-30(22-29)32-23-33(47-51-43-16-7-9-18-45(43)53-47)25-34(24-32)48-52-44-17-8-10-19-46(44)54-48/h5-28H,1-4H3. The van der Waals surface area contributed by atoms with Gasteiger partial charge in [0.05, 0.1) is 20.4 Å². The summed E-state index contributed by atoms with van der Waals surface area (Å²) in [5.74, 6) is 0. The molecule has 54 heavy (non-hydrogen) atoms. The minimum Gasteiger partial charge on any atom is -0.236 e. The molecule has 2 aromatic heterocycles. The number of nitrogens with zero attached hydrogens (tertiary/aromatic N) is 2. The molecule has 2 aliphatic carbocycles. The fourth-order valence-electron chi connectivity index (χ4n) is 9.02. The third kappa shape index (κ3) is 4.70. The molecule has 0 amide bonds. The molecule has 2 heterocycles. The van der Waals surface area contributed by atoms with Gasteiger partial charge in [-0.25, -0.2) is 9.97 Å². The third-order valence-electron chi connectivity index (χ3n) is 11.9. The van der Waals surface area contributed by atoms with E-state index in [0.717, 1.165) is 37.7 Å². The van der Waals surface area contributed by atoms with Crippen molar-refractivity contribution in [2.75, 3.05) is 0 Å². The van der Waals surface area contributed by atoms with Crippen LogP contribution in [0.2, 0.25) is 0 Å². The molecule has 2 nitrogen and oxygen atoms in total. The minimum atomic E-state index is -0.115. The van der Waals surface area contributed by atoms with E-state index in [-0.39, 0.29) is 10.8 Å². The maximum Gasteiger partial charge on any atom is 0.124 e. The van der Waals surface area contributed by atoms with Crippen LogP contribution in [-0.4, -0.2) is 9.97 Å². The fraction of sp³-hybridized carbons (Fsp3) is 0.120. The van der Waals surface area contributed by atoms with Crippen LogP contribution < -0.4 is 0 Å². The molecule has 0 bridgehead atoms. The average Bonchev–Trinajstić information content (AvgIpc) is 3.94. The number of rotatable bonds is 4. The van der Waals surface area contributed by atoms with Gasteiger partial charge >= 0.3 is 0 Å². The highest BCUT2D eigenvalue weighted by Crippen LogP contribution is 2.56. The maximum absolute atomic E-state index is 5.06. The van der Waals surface area contributed by atoms with Crippen LogP contribution in [0.4, 0.5) is 0 Å². The van der Waals surface area contributed by atoms with Crippen molar-refractivity contribution in [1.29, 1.82) is 0 Å². The Hall–Kier alpha value is -5.68. The van der Waals surface area contributed by atoms with Crippen molar-refractivity contribution in [2.45, 2.75) is 38.5 Å². The number of para-hydroxylation sites is 2. The van der Waals surface area contributed by atoms with Gasteiger partial charge in [0.15, 0.2) is 0 Å². The van der Waals surface area contributed by atoms with Gasteiger partial charge in [-0.2, -0.15) is 0 Å². The van der Waals surface area contributed by atoms with Crippen LogP contribution in [0.1, 0.15) is 49.9 Å². The molecule has 0 radical (unpaired) electrons. The van der Waals surface area contributed by atoms with Crippen molar-refractivity contribution < 1.29 is 0 Å². The number of benzene rings is 7. The zero-order valence-electron chi connectivity index (χ0n) is 30.6. The van der Waals surface area contributed by atoms with E-state index in [1.54, 1.807) is 22.7 Å². The second kappa shape index (κ2) is 11.4. The summed E-state index contributed by atoms with van der Waals surface area (Å²) in [6.45, 7) is 9.55. The highest BCUT2D eigenvalue weighted by molar-refractivity contribution is 7.22. The van der Waals surface area contributed by atoms with Gasteiger partial charge in [0.25, 0.3) is 0 Å². The molecular weight excluding hydrogens is 693 g/mol. The van der Waals surface area contributed by atoms with Gasteiger partial charge in [0, 0.05) is 22.0 Å². The van der Waals surface area contributed by atoms with Crippen LogP contribution in [0.15, 0.2) is 146 Å². The zero-order valence-corrected chi connectivity index (χ0v) is 32.2. The van der Waals surface area contributed by atoms with Gasteiger partial charge in [-0.05, 0) is 127 Å². The highest BCUT2D eigenvalue weighted by Gasteiger charge is 2.41. The number of fused-ring (bicyclic) bond motifs is 8. The van der Waals surface area contributed by atoms with Crippen molar-refractivity contribution in [3.05, 3.63) is 168 Å². The van der Waals surface area contributed by atoms with E-state index in [1.165, 1.54) is 70.6 Å². The lowest BCUT2D eigenvalue weighted by atomic mass is 9.77. The van der Waals surface area contributed by atoms with Crippen LogP contribution >= 0.6 is 22.7 Å². The minimum absolute atomic E-state index is 0.0192. The van der Waals surface area contributed by atoms with E-state index in [2.05, 4.69) is 173 Å². The third-order valence-corrected chi connectivity index (χ3v) is 14.1. The average molecular weight is 729 g/mol. The van der Waals surface area contributed by atoms with E-state index in [9.17, 15) is 0 Å². The Morgan fingerprint density at radius 1 is 0.352 bits per heavy atom. The van der Waals surface area contributed by atoms with Crippen molar-refractivity contribution in [3.63, 3.8) is 0 Å². The summed E-state index contributed by atoms with van der Waals surface area (Å²) in [5, 5.41) is 2.05. The van der Waals surface area contributed by atoms with Crippen molar-refractivity contribution in [3.8, 4) is 65.6 Å². The van der Waals surface area contributed by atoms with E-state index < -0.39 is 0 Å². The monoisotopic (exact) mass is 728 g/mol. The van der Waals surface area contributed by atoms with Gasteiger partial charge in [-0.15, -0.1) is 22.7 Å². The molecule has 9 aromatic rings. The molecule has 0 aliphatic heterocycles. The SMILES string of the molecule is CC1(C)c2ccccc2-c2cc3c(cc21)C(C)(C)c1cc(-c2cccc(-c4cc(-c5nc6ccccc6s5)cc(-c5nc6ccccc6s5)c4)c2)ccc1-3. The van der Waals surface area contributed by atoms with Crippen LogP contribution in [0, 0.1) is 0 Å². The molecule has 0 saturated heterocycles. The first-order chi connectivity index (χ1) is 26.2. The Kier molecular flexibility index (Phi) is 6.72. The molecule has 0 saturated carbocycles. The normalized spacial score (nSPS) is 14.6. The Labute approximate surface area is 323 Å². The molecule has 11 rings (SSSR count). The predicted octanol–water partition coefficient (Wildman–Crippen LogP) is 14.2. The summed E-state index contributed by atoms with van der Waals surface area (Å²) in [6.07, 6.45) is 0. The molecule has 0 unspecified atom stereocenters. The Balaban J connectivity index is 1.02. The molecule has 258 valence electrons. The van der Waals surface area contributed by atoms with Crippen molar-refractivity contribution in [2.24, 2.45) is 0 Å². The number of hydrogen-bond donors (Lipinski definition) is 0. The summed E-state index contributed by atoms with van der Waals surface area (Å²) in [7, 11) is 0. The van der Waals surface area contributed by atoms with Crippen LogP contribution in [0.5, 0.6) is 0 Å². The quantitative estimate of drug-likeness (QED) is 0.180. The Morgan fingerprint density at radius 3 is 1.48 bits per heavy atom. The number of hydrogen-bond acceptors (Lipinski definition) is 4. The summed E-state index contributed by atoms with van der Waals surface area (Å²) >= 11 is 3.49. The molecule has 2 aliphatic rings. The van der Waals surface area contributed by atoms with E-state index in [1.807, 2.05) is 0 Å². The van der Waals surface area contributed by atoms with Gasteiger partial charge in [-0.1, -0.05) is 113 Å². The summed E-state index contributed by atoms with van der Waals surface area (Å²) in [6, 6.07) is 53.8. The van der Waals surface area contributed by atoms with Gasteiger partial charge in [-0.3, -0.25) is 0 Å². The molecule has 7 aromatic carbocycles. The first-order valence-electron chi connectivity index (χ1n) is 18.6. The number of thiazole rings is 2. The summed E-state index contributed by atoms with van der Waals surface area (Å²) in [4.78, 5) is 10.1. The smallest absolute Gasteiger partial charge is 0.124 e. The molecule has 0 fully saturated rings. The largest absolute Gasteiger partial charge is 0.236 e. The van der Waals surface area contributed by atoms with Crippen molar-refractivity contribution >= 4 is 43.1 Å². The molecule has 4 heteroatoms. The summed E-state index contributed by atoms with van der Waals surface area (Å²) < 4.78 is 2.39. The number of aromatic nitrogens is 2. The van der Waals surface area contributed by atoms with Crippen molar-refractivity contribution in [1.82, 2.24) is 9.97 Å². The molecular formula is C50H36N2S2. The Morgan fingerprint density at radius 2 is 0.833 bits per heavy atom. The lowest BCUT2D eigenvalue weighted by Gasteiger charge is -2.26. The first-order valence-corrected chi connectivity index (χ1v) is 20.3. The lowest BCUT2D eigenvalue weighted by Crippen LogP contribution is -2.18. The van der Waals surface area contributed by atoms with Crippen LogP contribution in [-0.2, 0) is 10.8 Å². The Bertz CT molecular complexity index is 2850. The van der Waals surface area contributed by atoms with E-state index >= 15 is 0 Å². The molecule has 0 spiro atoms. The second-order valence-corrected chi connectivity index (χ2v) is 17.9. The van der Waals surface area contributed by atoms with E-state index in [4.69, 9.17) is 9.97 Å². The van der Waals surface area contributed by atoms with Gasteiger partial charge in [0.2, 0.25) is 0 Å². The maximum atomic E-state index is 5.06. The van der Waals surface area contributed by atoms with Crippen LogP contribution in [0.3, 0.4) is 0 Å². The lowest BCUT2D eigenvalue weighted by molar-refractivity contribution is 0.639. The predicted molar refractivity (Wildman–Crippen MR) is 230 cm³/mol. The van der Waals surface area contributed by atoms with Gasteiger partial charge in [0.1, 0.15) is 10.0 Å². The van der Waals surface area contributed by atoms with Gasteiger partial charge < -0.3 is 0 Å². The molecule has 0 N–H and O–H groups in total. The fourth-order valence-corrected chi connectivity index (χ4v) is 10.9. The topological polar surface area (TPSA) is 25.8 Å².